The Bertz CT molecular complexity index is 1470. The van der Waals surface area contributed by atoms with E-state index in [4.69, 9.17) is 18.9 Å². The van der Waals surface area contributed by atoms with Gasteiger partial charge in [-0.05, 0) is 54.1 Å². The Kier molecular flexibility index (Phi) is 9.26. The van der Waals surface area contributed by atoms with Crippen LogP contribution in [0.4, 0.5) is 0 Å². The topological polar surface area (TPSA) is 76.0 Å². The maximum Gasteiger partial charge on any atom is 0.356 e. The molecule has 4 rings (SSSR count). The number of nitrogens with zero attached hydrogens (tertiary/aromatic N) is 1. The third-order valence-corrected chi connectivity index (χ3v) is 6.52. The van der Waals surface area contributed by atoms with Crippen LogP contribution in [0.1, 0.15) is 50.0 Å². The molecule has 0 saturated carbocycles. The van der Waals surface area contributed by atoms with E-state index in [0.29, 0.717) is 51.4 Å². The molecule has 0 aliphatic rings. The summed E-state index contributed by atoms with van der Waals surface area (Å²) in [4.78, 5) is 27.7. The summed E-state index contributed by atoms with van der Waals surface area (Å²) in [5, 5.41) is 1.10. The molecule has 39 heavy (non-hydrogen) atoms. The number of hydrogen-bond donors (Lipinski definition) is 0. The van der Waals surface area contributed by atoms with Crippen molar-refractivity contribution in [2.75, 3.05) is 27.4 Å². The second-order valence-corrected chi connectivity index (χ2v) is 9.15. The van der Waals surface area contributed by atoms with E-state index in [9.17, 15) is 9.59 Å². The number of esters is 1. The van der Waals surface area contributed by atoms with Crippen LogP contribution in [0, 0.1) is 0 Å². The zero-order valence-corrected chi connectivity index (χ0v) is 23.0. The van der Waals surface area contributed by atoms with Gasteiger partial charge in [-0.1, -0.05) is 63.1 Å². The van der Waals surface area contributed by atoms with Crippen LogP contribution in [0.2, 0.25) is 0 Å². The van der Waals surface area contributed by atoms with Crippen molar-refractivity contribution in [3.63, 3.8) is 0 Å². The minimum atomic E-state index is -0.577. The molecule has 0 N–H and O–H groups in total. The molecule has 0 unspecified atom stereocenters. The van der Waals surface area contributed by atoms with Crippen LogP contribution in [0.25, 0.3) is 27.6 Å². The van der Waals surface area contributed by atoms with E-state index in [-0.39, 0.29) is 17.9 Å². The van der Waals surface area contributed by atoms with Crippen molar-refractivity contribution in [2.45, 2.75) is 39.5 Å². The SMILES string of the molecule is CCCCOC(=O)c1c(-c2cc(OC)c(OCCCC)c(OC)c2)c2ccccc2c(=O)n1-c1ccccc1. The van der Waals surface area contributed by atoms with E-state index in [1.165, 1.54) is 4.57 Å². The number of rotatable bonds is 12. The van der Waals surface area contributed by atoms with Gasteiger partial charge in [-0.2, -0.15) is 0 Å². The van der Waals surface area contributed by atoms with Gasteiger partial charge in [0.05, 0.1) is 27.4 Å². The van der Waals surface area contributed by atoms with Crippen LogP contribution in [-0.2, 0) is 4.74 Å². The van der Waals surface area contributed by atoms with Crippen LogP contribution >= 0.6 is 0 Å². The molecule has 0 bridgehead atoms. The van der Waals surface area contributed by atoms with Crippen molar-refractivity contribution in [3.8, 4) is 34.1 Å². The second kappa shape index (κ2) is 13.0. The Morgan fingerprint density at radius 2 is 1.38 bits per heavy atom. The van der Waals surface area contributed by atoms with Gasteiger partial charge in [0.15, 0.2) is 11.5 Å². The summed E-state index contributed by atoms with van der Waals surface area (Å²) >= 11 is 0. The average molecular weight is 530 g/mol. The largest absolute Gasteiger partial charge is 0.493 e. The molecule has 0 aliphatic heterocycles. The molecule has 0 atom stereocenters. The van der Waals surface area contributed by atoms with Gasteiger partial charge in [0.25, 0.3) is 5.56 Å². The highest BCUT2D eigenvalue weighted by Gasteiger charge is 2.27. The predicted molar refractivity (Wildman–Crippen MR) is 154 cm³/mol. The van der Waals surface area contributed by atoms with E-state index >= 15 is 0 Å². The number of pyridine rings is 1. The lowest BCUT2D eigenvalue weighted by atomic mass is 9.95. The highest BCUT2D eigenvalue weighted by molar-refractivity contribution is 6.07. The molecular weight excluding hydrogens is 494 g/mol. The normalized spacial score (nSPS) is 10.9. The van der Waals surface area contributed by atoms with Gasteiger partial charge in [-0.3, -0.25) is 9.36 Å². The fourth-order valence-electron chi connectivity index (χ4n) is 4.52. The Hall–Kier alpha value is -4.26. The average Bonchev–Trinajstić information content (AvgIpc) is 2.97. The van der Waals surface area contributed by atoms with Crippen molar-refractivity contribution < 1.29 is 23.7 Å². The number of carbonyl (C=O) groups is 1. The van der Waals surface area contributed by atoms with Crippen molar-refractivity contribution in [3.05, 3.63) is 82.8 Å². The van der Waals surface area contributed by atoms with Crippen molar-refractivity contribution in [1.29, 1.82) is 0 Å². The molecule has 0 saturated heterocycles. The first-order chi connectivity index (χ1) is 19.0. The summed E-state index contributed by atoms with van der Waals surface area (Å²) in [6.07, 6.45) is 3.46. The first-order valence-electron chi connectivity index (χ1n) is 13.3. The smallest absolute Gasteiger partial charge is 0.356 e. The summed E-state index contributed by atoms with van der Waals surface area (Å²) in [5.41, 5.74) is 1.59. The van der Waals surface area contributed by atoms with Gasteiger partial charge in [-0.15, -0.1) is 0 Å². The second-order valence-electron chi connectivity index (χ2n) is 9.15. The van der Waals surface area contributed by atoms with Crippen molar-refractivity contribution >= 4 is 16.7 Å². The molecule has 3 aromatic carbocycles. The number of benzene rings is 3. The van der Waals surface area contributed by atoms with Gasteiger partial charge in [0.2, 0.25) is 5.75 Å². The zero-order chi connectivity index (χ0) is 27.8. The molecule has 0 amide bonds. The molecule has 204 valence electrons. The van der Waals surface area contributed by atoms with Crippen LogP contribution in [-0.4, -0.2) is 38.0 Å². The number of methoxy groups -OCH3 is 2. The molecule has 0 fully saturated rings. The van der Waals surface area contributed by atoms with E-state index < -0.39 is 5.97 Å². The molecule has 4 aromatic rings. The molecule has 0 spiro atoms. The summed E-state index contributed by atoms with van der Waals surface area (Å²) in [7, 11) is 3.13. The Morgan fingerprint density at radius 3 is 2.00 bits per heavy atom. The fourth-order valence-corrected chi connectivity index (χ4v) is 4.52. The van der Waals surface area contributed by atoms with Gasteiger partial charge in [0.1, 0.15) is 5.69 Å². The van der Waals surface area contributed by atoms with Crippen LogP contribution in [0.15, 0.2) is 71.5 Å². The third kappa shape index (κ3) is 5.77. The number of aromatic nitrogens is 1. The van der Waals surface area contributed by atoms with E-state index in [1.807, 2.05) is 55.5 Å². The molecular formula is C32H35NO6. The first-order valence-corrected chi connectivity index (χ1v) is 13.3. The fraction of sp³-hybridized carbons (Fsp3) is 0.312. The van der Waals surface area contributed by atoms with Crippen molar-refractivity contribution in [1.82, 2.24) is 4.57 Å². The molecule has 0 aliphatic carbocycles. The van der Waals surface area contributed by atoms with E-state index in [2.05, 4.69) is 6.92 Å². The standard InChI is InChI=1S/C32H35NO6/c1-5-7-18-38-30-26(36-3)20-22(21-27(30)37-4)28-24-16-12-13-17-25(24)31(34)33(23-14-10-9-11-15-23)29(28)32(35)39-19-8-6-2/h9-17,20-21H,5-8,18-19H2,1-4H3. The lowest BCUT2D eigenvalue weighted by molar-refractivity contribution is 0.0490. The summed E-state index contributed by atoms with van der Waals surface area (Å²) in [6.45, 7) is 4.88. The minimum Gasteiger partial charge on any atom is -0.493 e. The van der Waals surface area contributed by atoms with Gasteiger partial charge < -0.3 is 18.9 Å². The maximum absolute atomic E-state index is 13.9. The Balaban J connectivity index is 2.08. The zero-order valence-electron chi connectivity index (χ0n) is 23.0. The molecule has 0 radical (unpaired) electrons. The summed E-state index contributed by atoms with van der Waals surface area (Å²) in [5.74, 6) is 0.843. The maximum atomic E-state index is 13.9. The van der Waals surface area contributed by atoms with E-state index in [0.717, 1.165) is 25.7 Å². The highest BCUT2D eigenvalue weighted by atomic mass is 16.5. The van der Waals surface area contributed by atoms with E-state index in [1.54, 1.807) is 32.4 Å². The number of unbranched alkanes of at least 4 members (excludes halogenated alkanes) is 2. The molecule has 7 heteroatoms. The van der Waals surface area contributed by atoms with Crippen LogP contribution in [0.5, 0.6) is 17.2 Å². The van der Waals surface area contributed by atoms with Gasteiger partial charge in [0, 0.05) is 16.6 Å². The third-order valence-electron chi connectivity index (χ3n) is 6.52. The minimum absolute atomic E-state index is 0.143. The quantitative estimate of drug-likeness (QED) is 0.148. The molecule has 1 aromatic heterocycles. The lowest BCUT2D eigenvalue weighted by Crippen LogP contribution is -2.27. The summed E-state index contributed by atoms with van der Waals surface area (Å²) < 4.78 is 24.6. The Labute approximate surface area is 228 Å². The number of para-hydroxylation sites is 1. The number of fused-ring (bicyclic) bond motifs is 1. The molecule has 1 heterocycles. The van der Waals surface area contributed by atoms with Crippen LogP contribution in [0.3, 0.4) is 0 Å². The van der Waals surface area contributed by atoms with Gasteiger partial charge in [-0.25, -0.2) is 4.79 Å². The number of carbonyl (C=O) groups excluding carboxylic acids is 1. The van der Waals surface area contributed by atoms with Crippen molar-refractivity contribution in [2.24, 2.45) is 0 Å². The summed E-state index contributed by atoms with van der Waals surface area (Å²) in [6, 6.07) is 20.0. The first kappa shape index (κ1) is 27.8. The predicted octanol–water partition coefficient (Wildman–Crippen LogP) is 6.81. The lowest BCUT2D eigenvalue weighted by Gasteiger charge is -2.21. The number of ether oxygens (including phenoxy) is 4. The Morgan fingerprint density at radius 1 is 0.795 bits per heavy atom. The van der Waals surface area contributed by atoms with Gasteiger partial charge >= 0.3 is 5.97 Å². The van der Waals surface area contributed by atoms with Crippen LogP contribution < -0.4 is 19.8 Å². The highest BCUT2D eigenvalue weighted by Crippen LogP contribution is 2.44. The number of hydrogen-bond acceptors (Lipinski definition) is 6. The monoisotopic (exact) mass is 529 g/mol. The molecule has 7 nitrogen and oxygen atoms in total.